The van der Waals surface area contributed by atoms with E-state index in [9.17, 15) is 4.79 Å². The minimum Gasteiger partial charge on any atom is -0.337 e. The molecule has 1 fully saturated rings. The van der Waals surface area contributed by atoms with E-state index in [1.54, 1.807) is 0 Å². The fourth-order valence-corrected chi connectivity index (χ4v) is 2.36. The van der Waals surface area contributed by atoms with E-state index in [2.05, 4.69) is 5.32 Å². The number of amides is 1. The molecule has 0 aromatic heterocycles. The van der Waals surface area contributed by atoms with Gasteiger partial charge in [-0.25, -0.2) is 0 Å². The van der Waals surface area contributed by atoms with Gasteiger partial charge in [-0.15, -0.1) is 0 Å². The third-order valence-corrected chi connectivity index (χ3v) is 3.44. The molecule has 1 N–H and O–H groups in total. The molecule has 1 aromatic carbocycles. The molecule has 1 atom stereocenters. The Morgan fingerprint density at radius 2 is 2.24 bits per heavy atom. The number of carbonyl (C=O) groups is 1. The summed E-state index contributed by atoms with van der Waals surface area (Å²) in [7, 11) is 0. The fourth-order valence-electron chi connectivity index (χ4n) is 2.16. The van der Waals surface area contributed by atoms with Crippen molar-refractivity contribution >= 4 is 17.5 Å². The highest BCUT2D eigenvalue weighted by molar-refractivity contribution is 6.31. The molecule has 3 nitrogen and oxygen atoms in total. The molecule has 4 heteroatoms. The summed E-state index contributed by atoms with van der Waals surface area (Å²) >= 11 is 6.09. The lowest BCUT2D eigenvalue weighted by atomic mass is 10.2. The van der Waals surface area contributed by atoms with Gasteiger partial charge in [0, 0.05) is 18.1 Å². The number of likely N-dealkylation sites (tertiary alicyclic amines) is 1. The quantitative estimate of drug-likeness (QED) is 0.890. The Balaban J connectivity index is 2.02. The van der Waals surface area contributed by atoms with Gasteiger partial charge in [-0.2, -0.15) is 0 Å². The highest BCUT2D eigenvalue weighted by atomic mass is 35.5. The number of rotatable bonds is 4. The molecular formula is C13H17ClN2O. The number of benzene rings is 1. The van der Waals surface area contributed by atoms with Crippen molar-refractivity contribution in [3.63, 3.8) is 0 Å². The molecule has 1 saturated heterocycles. The van der Waals surface area contributed by atoms with Crippen LogP contribution in [-0.2, 0) is 11.3 Å². The number of nitrogens with zero attached hydrogens (tertiary/aromatic N) is 1. The zero-order valence-electron chi connectivity index (χ0n) is 9.95. The van der Waals surface area contributed by atoms with Crippen molar-refractivity contribution in [2.24, 2.45) is 0 Å². The highest BCUT2D eigenvalue weighted by Gasteiger charge is 2.30. The zero-order valence-corrected chi connectivity index (χ0v) is 10.7. The van der Waals surface area contributed by atoms with Gasteiger partial charge in [-0.3, -0.25) is 4.79 Å². The van der Waals surface area contributed by atoms with Crippen LogP contribution in [0.3, 0.4) is 0 Å². The topological polar surface area (TPSA) is 32.3 Å². The summed E-state index contributed by atoms with van der Waals surface area (Å²) in [6.07, 6.45) is 0.886. The first-order chi connectivity index (χ1) is 8.22. The minimum absolute atomic E-state index is 0.0116. The lowest BCUT2D eigenvalue weighted by molar-refractivity contribution is -0.129. The van der Waals surface area contributed by atoms with Crippen LogP contribution in [-0.4, -0.2) is 29.9 Å². The van der Waals surface area contributed by atoms with Crippen molar-refractivity contribution in [2.75, 3.05) is 13.1 Å². The van der Waals surface area contributed by atoms with Crippen molar-refractivity contribution in [3.8, 4) is 0 Å². The van der Waals surface area contributed by atoms with Crippen molar-refractivity contribution in [2.45, 2.75) is 25.9 Å². The molecule has 1 heterocycles. The highest BCUT2D eigenvalue weighted by Crippen LogP contribution is 2.20. The Hall–Kier alpha value is -1.06. The number of hydrogen-bond donors (Lipinski definition) is 1. The van der Waals surface area contributed by atoms with Crippen molar-refractivity contribution in [3.05, 3.63) is 34.9 Å². The van der Waals surface area contributed by atoms with E-state index in [1.165, 1.54) is 0 Å². The maximum Gasteiger partial charge on any atom is 0.240 e. The summed E-state index contributed by atoms with van der Waals surface area (Å²) in [5.41, 5.74) is 1.01. The molecule has 1 aliphatic rings. The molecule has 92 valence electrons. The number of halogens is 1. The Kier molecular flexibility index (Phi) is 4.02. The molecule has 1 aliphatic heterocycles. The predicted molar refractivity (Wildman–Crippen MR) is 69.0 cm³/mol. The van der Waals surface area contributed by atoms with Crippen LogP contribution >= 0.6 is 11.6 Å². The van der Waals surface area contributed by atoms with Crippen LogP contribution in [0.25, 0.3) is 0 Å². The van der Waals surface area contributed by atoms with Gasteiger partial charge in [-0.05, 0) is 24.6 Å². The second-order valence-corrected chi connectivity index (χ2v) is 4.66. The summed E-state index contributed by atoms with van der Waals surface area (Å²) in [5, 5.41) is 3.93. The van der Waals surface area contributed by atoms with E-state index in [0.717, 1.165) is 30.1 Å². The molecule has 2 rings (SSSR count). The normalized spacial score (nSPS) is 20.0. The van der Waals surface area contributed by atoms with Gasteiger partial charge in [0.25, 0.3) is 0 Å². The lowest BCUT2D eigenvalue weighted by Crippen LogP contribution is -2.37. The molecular weight excluding hydrogens is 236 g/mol. The van der Waals surface area contributed by atoms with Gasteiger partial charge < -0.3 is 10.2 Å². The predicted octanol–water partition coefficient (Wildman–Crippen LogP) is 2.05. The number of nitrogens with one attached hydrogen (secondary N) is 1. The first-order valence-corrected chi connectivity index (χ1v) is 6.35. The number of hydrogen-bond acceptors (Lipinski definition) is 2. The minimum atomic E-state index is -0.0116. The zero-order chi connectivity index (χ0) is 12.3. The summed E-state index contributed by atoms with van der Waals surface area (Å²) in [5.74, 6) is 0.187. The average Bonchev–Trinajstić information content (AvgIpc) is 2.65. The summed E-state index contributed by atoms with van der Waals surface area (Å²) in [4.78, 5) is 13.9. The third-order valence-electron chi connectivity index (χ3n) is 3.07. The van der Waals surface area contributed by atoms with Gasteiger partial charge in [-0.1, -0.05) is 36.7 Å². The number of carbonyl (C=O) groups excluding carboxylic acids is 1. The molecule has 1 amide bonds. The summed E-state index contributed by atoms with van der Waals surface area (Å²) < 4.78 is 0. The maximum atomic E-state index is 12.0. The molecule has 17 heavy (non-hydrogen) atoms. The van der Waals surface area contributed by atoms with Crippen molar-refractivity contribution < 1.29 is 4.79 Å². The van der Waals surface area contributed by atoms with Gasteiger partial charge in [0.2, 0.25) is 5.91 Å². The molecule has 0 bridgehead atoms. The average molecular weight is 253 g/mol. The smallest absolute Gasteiger partial charge is 0.240 e. The Morgan fingerprint density at radius 3 is 2.94 bits per heavy atom. The SMILES string of the molecule is CCNC1CCN(Cc2ccccc2Cl)C1=O. The van der Waals surface area contributed by atoms with E-state index >= 15 is 0 Å². The Bertz CT molecular complexity index is 408. The van der Waals surface area contributed by atoms with E-state index in [1.807, 2.05) is 36.1 Å². The summed E-state index contributed by atoms with van der Waals surface area (Å²) in [6.45, 7) is 4.27. The van der Waals surface area contributed by atoms with Gasteiger partial charge in [0.1, 0.15) is 0 Å². The van der Waals surface area contributed by atoms with E-state index < -0.39 is 0 Å². The van der Waals surface area contributed by atoms with Gasteiger partial charge in [0.05, 0.1) is 6.04 Å². The van der Waals surface area contributed by atoms with Gasteiger partial charge in [0.15, 0.2) is 0 Å². The second kappa shape index (κ2) is 5.52. The van der Waals surface area contributed by atoms with Crippen LogP contribution in [0.2, 0.25) is 5.02 Å². The Labute approximate surface area is 107 Å². The number of likely N-dealkylation sites (N-methyl/N-ethyl adjacent to an activating group) is 1. The molecule has 1 unspecified atom stereocenters. The van der Waals surface area contributed by atoms with Crippen LogP contribution in [0.5, 0.6) is 0 Å². The van der Waals surface area contributed by atoms with E-state index in [4.69, 9.17) is 11.6 Å². The first kappa shape index (κ1) is 12.4. The van der Waals surface area contributed by atoms with Crippen molar-refractivity contribution in [1.29, 1.82) is 0 Å². The first-order valence-electron chi connectivity index (χ1n) is 5.98. The van der Waals surface area contributed by atoms with Crippen LogP contribution < -0.4 is 5.32 Å². The molecule has 1 aromatic rings. The van der Waals surface area contributed by atoms with Crippen LogP contribution in [0.4, 0.5) is 0 Å². The van der Waals surface area contributed by atoms with Crippen LogP contribution in [0.15, 0.2) is 24.3 Å². The van der Waals surface area contributed by atoms with Crippen LogP contribution in [0, 0.1) is 0 Å². The standard InChI is InChI=1S/C13H17ClN2O/c1-2-15-12-7-8-16(13(12)17)9-10-5-3-4-6-11(10)14/h3-6,12,15H,2,7-9H2,1H3. The molecule has 0 radical (unpaired) electrons. The monoisotopic (exact) mass is 252 g/mol. The van der Waals surface area contributed by atoms with Crippen molar-refractivity contribution in [1.82, 2.24) is 10.2 Å². The summed E-state index contributed by atoms with van der Waals surface area (Å²) in [6, 6.07) is 7.67. The van der Waals surface area contributed by atoms with E-state index in [0.29, 0.717) is 6.54 Å². The van der Waals surface area contributed by atoms with E-state index in [-0.39, 0.29) is 11.9 Å². The maximum absolute atomic E-state index is 12.0. The molecule has 0 spiro atoms. The molecule has 0 aliphatic carbocycles. The second-order valence-electron chi connectivity index (χ2n) is 4.25. The van der Waals surface area contributed by atoms with Crippen LogP contribution in [0.1, 0.15) is 18.9 Å². The van der Waals surface area contributed by atoms with Gasteiger partial charge >= 0.3 is 0 Å². The lowest BCUT2D eigenvalue weighted by Gasteiger charge is -2.17. The third kappa shape index (κ3) is 2.79. The molecule has 0 saturated carbocycles. The largest absolute Gasteiger partial charge is 0.337 e. The Morgan fingerprint density at radius 1 is 1.47 bits per heavy atom. The fraction of sp³-hybridized carbons (Fsp3) is 0.462.